The Bertz CT molecular complexity index is 3350. The van der Waals surface area contributed by atoms with E-state index < -0.39 is 48.1 Å². The Balaban J connectivity index is 0.000000220. The lowest BCUT2D eigenvalue weighted by atomic mass is 10.0. The van der Waals surface area contributed by atoms with Gasteiger partial charge in [-0.25, -0.2) is 48.3 Å². The highest BCUT2D eigenvalue weighted by Gasteiger charge is 2.41. The summed E-state index contributed by atoms with van der Waals surface area (Å²) in [6.07, 6.45) is 3.87. The predicted octanol–water partition coefficient (Wildman–Crippen LogP) is 10.0. The van der Waals surface area contributed by atoms with Gasteiger partial charge in [-0.2, -0.15) is 10.2 Å². The average Bonchev–Trinajstić information content (AvgIpc) is 4.18. The number of hydrogen-bond donors (Lipinski definition) is 2. The number of urea groups is 2. The Labute approximate surface area is 463 Å². The molecule has 8 aromatic rings. The van der Waals surface area contributed by atoms with Crippen LogP contribution in [0.15, 0.2) is 107 Å². The highest BCUT2D eigenvalue weighted by atomic mass is 79.9. The highest BCUT2D eigenvalue weighted by molar-refractivity contribution is 9.10. The molecule has 4 atom stereocenters. The van der Waals surface area contributed by atoms with Crippen LogP contribution in [0.25, 0.3) is 44.1 Å². The third-order valence-corrected chi connectivity index (χ3v) is 13.6. The average molecular weight is 1190 g/mol. The first-order chi connectivity index (χ1) is 36.4. The third kappa shape index (κ3) is 12.8. The van der Waals surface area contributed by atoms with E-state index in [0.717, 1.165) is 22.3 Å². The van der Waals surface area contributed by atoms with Crippen molar-refractivity contribution in [3.05, 3.63) is 130 Å². The Hall–Kier alpha value is -8.12. The molecule has 2 saturated heterocycles. The van der Waals surface area contributed by atoms with Crippen molar-refractivity contribution in [1.29, 1.82) is 0 Å². The van der Waals surface area contributed by atoms with Gasteiger partial charge in [0.2, 0.25) is 0 Å². The summed E-state index contributed by atoms with van der Waals surface area (Å²) in [4.78, 5) is 105. The smallest absolute Gasteiger partial charge is 0.311 e. The predicted molar refractivity (Wildman–Crippen MR) is 296 cm³/mol. The fourth-order valence-corrected chi connectivity index (χ4v) is 9.70. The number of carbonyl (C=O) groups is 6. The van der Waals surface area contributed by atoms with Crippen LogP contribution in [0.5, 0.6) is 0 Å². The van der Waals surface area contributed by atoms with E-state index >= 15 is 0 Å². The number of carbonyl (C=O) groups excluding carboxylic acids is 6. The summed E-state index contributed by atoms with van der Waals surface area (Å²) in [5, 5.41) is 15.2. The summed E-state index contributed by atoms with van der Waals surface area (Å²) < 4.78 is 32.7. The minimum Gasteiger partial charge on any atom is -0.311 e. The maximum atomic E-state index is 14.4. The molecule has 0 bridgehead atoms. The van der Waals surface area contributed by atoms with Gasteiger partial charge in [0.05, 0.1) is 36.2 Å². The Morgan fingerprint density at radius 2 is 0.936 bits per heavy atom. The first kappa shape index (κ1) is 57.6. The maximum Gasteiger partial charge on any atom is 0.323 e. The third-order valence-electron chi connectivity index (χ3n) is 12.7. The van der Waals surface area contributed by atoms with Crippen molar-refractivity contribution < 1.29 is 37.5 Å². The van der Waals surface area contributed by atoms with Crippen molar-refractivity contribution in [1.82, 2.24) is 59.3 Å². The number of alkyl halides is 2. The van der Waals surface area contributed by atoms with Crippen molar-refractivity contribution in [3.8, 4) is 22.3 Å². The zero-order valence-electron chi connectivity index (χ0n) is 41.1. The van der Waals surface area contributed by atoms with E-state index in [4.69, 9.17) is 0 Å². The minimum absolute atomic E-state index is 0. The second-order valence-electron chi connectivity index (χ2n) is 18.1. The molecule has 78 heavy (non-hydrogen) atoms. The van der Waals surface area contributed by atoms with Crippen LogP contribution < -0.4 is 10.6 Å². The van der Waals surface area contributed by atoms with Gasteiger partial charge in [0.1, 0.15) is 69.3 Å². The van der Waals surface area contributed by atoms with Crippen molar-refractivity contribution >= 4 is 100 Å². The number of nitrogens with one attached hydrogen (secondary N) is 2. The summed E-state index contributed by atoms with van der Waals surface area (Å²) in [5.74, 6) is 0.536. The summed E-state index contributed by atoms with van der Waals surface area (Å²) in [5.41, 5.74) is 4.72. The molecule has 0 saturated carbocycles. The first-order valence-electron chi connectivity index (χ1n) is 23.7. The second-order valence-corrected chi connectivity index (χ2v) is 19.7. The molecule has 0 radical (unpaired) electrons. The largest absolute Gasteiger partial charge is 0.323 e. The number of amides is 4. The van der Waals surface area contributed by atoms with E-state index in [-0.39, 0.29) is 88.5 Å². The number of benzene rings is 2. The lowest BCUT2D eigenvalue weighted by Crippen LogP contribution is -2.44. The van der Waals surface area contributed by atoms with Gasteiger partial charge in [-0.1, -0.05) is 39.1 Å². The summed E-state index contributed by atoms with van der Waals surface area (Å²) >= 11 is 6.48. The zero-order valence-corrected chi connectivity index (χ0v) is 44.3. The van der Waals surface area contributed by atoms with Gasteiger partial charge in [-0.15, -0.1) is 0 Å². The van der Waals surface area contributed by atoms with Crippen LogP contribution in [0, 0.1) is 13.8 Å². The number of likely N-dealkylation sites (tertiary alicyclic amines) is 2. The Morgan fingerprint density at radius 3 is 1.28 bits per heavy atom. The van der Waals surface area contributed by atoms with E-state index in [1.165, 1.54) is 33.0 Å². The molecule has 0 spiro atoms. The molecule has 2 aliphatic rings. The Morgan fingerprint density at radius 1 is 0.564 bits per heavy atom. The van der Waals surface area contributed by atoms with Crippen molar-refractivity contribution in [2.75, 3.05) is 23.7 Å². The number of aryl methyl sites for hydroxylation is 2. The van der Waals surface area contributed by atoms with Gasteiger partial charge in [0.15, 0.2) is 23.1 Å². The molecule has 4 amide bonds. The molecular weight excluding hydrogens is 1140 g/mol. The van der Waals surface area contributed by atoms with Crippen molar-refractivity contribution in [2.45, 2.75) is 92.9 Å². The molecule has 2 N–H and O–H groups in total. The standard InChI is InChI=1S/2C26H23BrFN7O3.2CH4/c2*1-14(36)25-19-8-16(17-10-29-15(2)30-11-17)6-7-20(19)35(33-25)13-22(37)21-9-18(28)12-34(21)26(38)32-24-5-3-4-23(27)31-24;;/h2*3-8,10-11,18,21H,9,12-13H2,1-2H3,(H,31,32,38);2*1H4/t18-,21+;18-,21-;;/m00../s1. The number of pyridine rings is 2. The van der Waals surface area contributed by atoms with Crippen LogP contribution in [0.1, 0.15) is 74.2 Å². The van der Waals surface area contributed by atoms with E-state index in [9.17, 15) is 37.5 Å². The van der Waals surface area contributed by atoms with E-state index in [1.807, 2.05) is 24.3 Å². The number of rotatable bonds is 12. The van der Waals surface area contributed by atoms with Crippen LogP contribution in [0.2, 0.25) is 0 Å². The van der Waals surface area contributed by atoms with E-state index in [0.29, 0.717) is 42.7 Å². The molecule has 2 aliphatic heterocycles. The minimum atomic E-state index is -1.34. The van der Waals surface area contributed by atoms with Crippen LogP contribution in [0.3, 0.4) is 0 Å². The van der Waals surface area contributed by atoms with E-state index in [1.54, 1.807) is 87.2 Å². The molecule has 20 nitrogen and oxygen atoms in total. The number of ketones is 4. The fraction of sp³-hybridized carbons (Fsp3) is 0.296. The molecule has 10 rings (SSSR count). The van der Waals surface area contributed by atoms with Crippen LogP contribution in [0.4, 0.5) is 30.0 Å². The molecule has 0 unspecified atom stereocenters. The quantitative estimate of drug-likeness (QED) is 0.0854. The molecule has 6 aromatic heterocycles. The number of nitrogens with zero attached hydrogens (tertiary/aromatic N) is 12. The lowest BCUT2D eigenvalue weighted by molar-refractivity contribution is -0.124. The van der Waals surface area contributed by atoms with Crippen molar-refractivity contribution in [2.24, 2.45) is 0 Å². The van der Waals surface area contributed by atoms with Crippen LogP contribution in [-0.4, -0.2) is 132 Å². The van der Waals surface area contributed by atoms with Crippen molar-refractivity contribution in [3.63, 3.8) is 0 Å². The van der Waals surface area contributed by atoms with Gasteiger partial charge in [-0.05, 0) is 105 Å². The van der Waals surface area contributed by atoms with E-state index in [2.05, 4.69) is 82.6 Å². The second kappa shape index (κ2) is 24.5. The molecule has 2 fully saturated rings. The number of hydrogen-bond acceptors (Lipinski definition) is 14. The number of anilines is 2. The number of halogens is 4. The summed E-state index contributed by atoms with van der Waals surface area (Å²) in [7, 11) is 0. The Kier molecular flexibility index (Phi) is 18.1. The van der Waals surface area contributed by atoms with Gasteiger partial charge in [-0.3, -0.25) is 39.2 Å². The maximum absolute atomic E-state index is 14.4. The molecular formula is C54H54Br2F2N14O6. The molecule has 404 valence electrons. The first-order valence-corrected chi connectivity index (χ1v) is 25.3. The molecule has 0 aliphatic carbocycles. The SMILES string of the molecule is C.C.CC(=O)c1nn(CC(=O)[C@@H]2C[C@H](F)CN2C(=O)Nc2cccc(Br)n2)c2ccc(-c3cnc(C)nc3)cc12.CC(=O)c1nn(CC(=O)[C@H]2C[C@H](F)CN2C(=O)Nc2cccc(Br)n2)c2ccc(-c3cnc(C)nc3)cc12. The monoisotopic (exact) mass is 1190 g/mol. The molecule has 2 aromatic carbocycles. The van der Waals surface area contributed by atoms with Crippen LogP contribution in [-0.2, 0) is 22.7 Å². The van der Waals surface area contributed by atoms with Gasteiger partial charge in [0.25, 0.3) is 0 Å². The van der Waals surface area contributed by atoms with Gasteiger partial charge < -0.3 is 9.80 Å². The fourth-order valence-electron chi connectivity index (χ4n) is 9.02. The summed E-state index contributed by atoms with van der Waals surface area (Å²) in [6, 6.07) is 17.6. The topological polar surface area (TPSA) is 246 Å². The molecule has 8 heterocycles. The summed E-state index contributed by atoms with van der Waals surface area (Å²) in [6.45, 7) is 5.51. The van der Waals surface area contributed by atoms with Crippen LogP contribution >= 0.6 is 31.9 Å². The normalized spacial score (nSPS) is 16.7. The number of fused-ring (bicyclic) bond motifs is 2. The highest BCUT2D eigenvalue weighted by Crippen LogP contribution is 2.31. The molecule has 24 heteroatoms. The number of aromatic nitrogens is 10. The number of Topliss-reactive ketones (excluding diaryl/α,β-unsaturated/α-hetero) is 4. The lowest BCUT2D eigenvalue weighted by Gasteiger charge is -2.23. The van der Waals surface area contributed by atoms with Gasteiger partial charge >= 0.3 is 12.1 Å². The van der Waals surface area contributed by atoms with Gasteiger partial charge in [0, 0.05) is 73.4 Å². The zero-order chi connectivity index (χ0) is 53.9.